The molecule has 0 unspecified atom stereocenters. The predicted molar refractivity (Wildman–Crippen MR) is 65.8 cm³/mol. The van der Waals surface area contributed by atoms with Crippen molar-refractivity contribution in [2.24, 2.45) is 4.99 Å². The van der Waals surface area contributed by atoms with Crippen molar-refractivity contribution in [3.63, 3.8) is 0 Å². The van der Waals surface area contributed by atoms with Gasteiger partial charge in [0.05, 0.1) is 12.1 Å². The first kappa shape index (κ1) is 12.9. The van der Waals surface area contributed by atoms with Crippen molar-refractivity contribution in [3.8, 4) is 0 Å². The van der Waals surface area contributed by atoms with E-state index in [1.807, 2.05) is 31.3 Å². The molecule has 16 heavy (non-hydrogen) atoms. The summed E-state index contributed by atoms with van der Waals surface area (Å²) in [4.78, 5) is 4.44. The Morgan fingerprint density at radius 3 is 2.56 bits per heavy atom. The first-order valence-corrected chi connectivity index (χ1v) is 5.43. The molecule has 0 saturated heterocycles. The minimum atomic E-state index is -0.0221. The molecule has 0 radical (unpaired) electrons. The van der Waals surface area contributed by atoms with E-state index in [0.29, 0.717) is 6.79 Å². The van der Waals surface area contributed by atoms with Crippen LogP contribution in [0.2, 0.25) is 0 Å². The molecule has 0 N–H and O–H groups in total. The lowest BCUT2D eigenvalue weighted by Gasteiger charge is -2.09. The van der Waals surface area contributed by atoms with Gasteiger partial charge in [-0.15, -0.1) is 0 Å². The quantitative estimate of drug-likeness (QED) is 0.546. The van der Waals surface area contributed by atoms with E-state index in [0.717, 1.165) is 0 Å². The lowest BCUT2D eigenvalue weighted by Crippen LogP contribution is -2.12. The summed E-state index contributed by atoms with van der Waals surface area (Å²) in [5.41, 5.74) is 1.21. The Hall–Kier alpha value is -1.19. The van der Waals surface area contributed by atoms with E-state index in [1.165, 1.54) is 5.56 Å². The van der Waals surface area contributed by atoms with Crippen LogP contribution in [0.1, 0.15) is 25.5 Å². The molecule has 0 heterocycles. The fourth-order valence-electron chi connectivity index (χ4n) is 1.29. The smallest absolute Gasteiger partial charge is 0.147 e. The monoisotopic (exact) mass is 221 g/mol. The molecule has 0 saturated carbocycles. The first-order valence-electron chi connectivity index (χ1n) is 5.43. The predicted octanol–water partition coefficient (Wildman–Crippen LogP) is 2.83. The summed E-state index contributed by atoms with van der Waals surface area (Å²) in [6.45, 7) is 4.31. The van der Waals surface area contributed by atoms with Crippen molar-refractivity contribution in [2.75, 3.05) is 13.9 Å². The van der Waals surface area contributed by atoms with Gasteiger partial charge in [0, 0.05) is 13.3 Å². The van der Waals surface area contributed by atoms with Crippen molar-refractivity contribution in [3.05, 3.63) is 35.9 Å². The van der Waals surface area contributed by atoms with E-state index in [1.54, 1.807) is 7.11 Å². The molecular weight excluding hydrogens is 202 g/mol. The van der Waals surface area contributed by atoms with Crippen molar-refractivity contribution >= 4 is 6.21 Å². The molecule has 3 heteroatoms. The standard InChI is InChI=1S/C13H19NO2/c1-11(16-10-15-3)9-14-12(2)13-7-5-4-6-8-13/h4-9,11-12H,10H2,1-3H3/t11-,12+/m0/s1. The van der Waals surface area contributed by atoms with E-state index >= 15 is 0 Å². The van der Waals surface area contributed by atoms with Gasteiger partial charge in [-0.2, -0.15) is 0 Å². The summed E-state index contributed by atoms with van der Waals surface area (Å²) in [6, 6.07) is 10.4. The fraction of sp³-hybridized carbons (Fsp3) is 0.462. The van der Waals surface area contributed by atoms with E-state index in [4.69, 9.17) is 9.47 Å². The number of nitrogens with zero attached hydrogens (tertiary/aromatic N) is 1. The fourth-order valence-corrected chi connectivity index (χ4v) is 1.29. The Labute approximate surface area is 97.1 Å². The van der Waals surface area contributed by atoms with Crippen LogP contribution in [0.25, 0.3) is 0 Å². The SMILES string of the molecule is COCO[C@@H](C)C=N[C@H](C)c1ccccc1. The number of hydrogen-bond donors (Lipinski definition) is 0. The van der Waals surface area contributed by atoms with Crippen molar-refractivity contribution < 1.29 is 9.47 Å². The highest BCUT2D eigenvalue weighted by atomic mass is 16.7. The number of hydrogen-bond acceptors (Lipinski definition) is 3. The molecule has 2 atom stereocenters. The molecule has 88 valence electrons. The molecule has 0 fully saturated rings. The maximum absolute atomic E-state index is 5.31. The van der Waals surface area contributed by atoms with Crippen LogP contribution in [0.15, 0.2) is 35.3 Å². The van der Waals surface area contributed by atoms with Crippen molar-refractivity contribution in [1.29, 1.82) is 0 Å². The minimum absolute atomic E-state index is 0.0221. The molecule has 1 rings (SSSR count). The van der Waals surface area contributed by atoms with Crippen molar-refractivity contribution in [1.82, 2.24) is 0 Å². The van der Waals surface area contributed by atoms with Crippen LogP contribution < -0.4 is 0 Å². The second-order valence-corrected chi connectivity index (χ2v) is 3.66. The van der Waals surface area contributed by atoms with Crippen LogP contribution in [-0.4, -0.2) is 26.2 Å². The zero-order chi connectivity index (χ0) is 11.8. The summed E-state index contributed by atoms with van der Waals surface area (Å²) in [7, 11) is 1.61. The number of benzene rings is 1. The van der Waals surface area contributed by atoms with Gasteiger partial charge in [0.25, 0.3) is 0 Å². The molecule has 0 amide bonds. The Morgan fingerprint density at radius 1 is 1.25 bits per heavy atom. The summed E-state index contributed by atoms with van der Waals surface area (Å²) in [5.74, 6) is 0. The molecule has 0 aliphatic rings. The average molecular weight is 221 g/mol. The molecule has 3 nitrogen and oxygen atoms in total. The molecule has 1 aromatic rings. The lowest BCUT2D eigenvalue weighted by molar-refractivity contribution is -0.0421. The van der Waals surface area contributed by atoms with Gasteiger partial charge in [0.2, 0.25) is 0 Å². The average Bonchev–Trinajstić information content (AvgIpc) is 2.34. The van der Waals surface area contributed by atoms with Gasteiger partial charge in [-0.05, 0) is 19.4 Å². The highest BCUT2D eigenvalue weighted by Gasteiger charge is 2.02. The Balaban J connectivity index is 2.44. The molecule has 0 aliphatic heterocycles. The summed E-state index contributed by atoms with van der Waals surface area (Å²) >= 11 is 0. The minimum Gasteiger partial charge on any atom is -0.359 e. The van der Waals surface area contributed by atoms with Gasteiger partial charge in [-0.1, -0.05) is 30.3 Å². The Bertz CT molecular complexity index is 311. The summed E-state index contributed by atoms with van der Waals surface area (Å²) < 4.78 is 10.1. The third kappa shape index (κ3) is 4.55. The maximum Gasteiger partial charge on any atom is 0.147 e. The molecule has 1 aromatic carbocycles. The van der Waals surface area contributed by atoms with Crippen LogP contribution in [0, 0.1) is 0 Å². The Morgan fingerprint density at radius 2 is 1.94 bits per heavy atom. The second kappa shape index (κ2) is 7.14. The van der Waals surface area contributed by atoms with E-state index in [-0.39, 0.29) is 12.1 Å². The molecule has 0 spiro atoms. The van der Waals surface area contributed by atoms with E-state index < -0.39 is 0 Å². The van der Waals surface area contributed by atoms with Gasteiger partial charge in [-0.25, -0.2) is 0 Å². The summed E-state index contributed by atoms with van der Waals surface area (Å²) in [6.07, 6.45) is 1.79. The highest BCUT2D eigenvalue weighted by Crippen LogP contribution is 2.15. The zero-order valence-electron chi connectivity index (χ0n) is 10.1. The third-order valence-electron chi connectivity index (χ3n) is 2.25. The Kier molecular flexibility index (Phi) is 5.75. The maximum atomic E-state index is 5.31. The first-order chi connectivity index (χ1) is 7.74. The molecule has 0 aromatic heterocycles. The zero-order valence-corrected chi connectivity index (χ0v) is 10.1. The van der Waals surface area contributed by atoms with Crippen LogP contribution in [0.5, 0.6) is 0 Å². The van der Waals surface area contributed by atoms with Crippen LogP contribution >= 0.6 is 0 Å². The van der Waals surface area contributed by atoms with Crippen LogP contribution in [0.4, 0.5) is 0 Å². The summed E-state index contributed by atoms with van der Waals surface area (Å²) in [5, 5.41) is 0. The normalized spacial score (nSPS) is 15.2. The second-order valence-electron chi connectivity index (χ2n) is 3.66. The van der Waals surface area contributed by atoms with Gasteiger partial charge < -0.3 is 9.47 Å². The van der Waals surface area contributed by atoms with Crippen LogP contribution in [-0.2, 0) is 9.47 Å². The molecular formula is C13H19NO2. The van der Waals surface area contributed by atoms with Crippen LogP contribution in [0.3, 0.4) is 0 Å². The van der Waals surface area contributed by atoms with Gasteiger partial charge in [0.15, 0.2) is 0 Å². The van der Waals surface area contributed by atoms with Gasteiger partial charge >= 0.3 is 0 Å². The lowest BCUT2D eigenvalue weighted by atomic mass is 10.1. The molecule has 0 aliphatic carbocycles. The van der Waals surface area contributed by atoms with E-state index in [2.05, 4.69) is 24.0 Å². The highest BCUT2D eigenvalue weighted by molar-refractivity contribution is 5.62. The van der Waals surface area contributed by atoms with Gasteiger partial charge in [-0.3, -0.25) is 4.99 Å². The number of ether oxygens (including phenoxy) is 2. The van der Waals surface area contributed by atoms with E-state index in [9.17, 15) is 0 Å². The number of methoxy groups -OCH3 is 1. The topological polar surface area (TPSA) is 30.8 Å². The molecule has 0 bridgehead atoms. The number of rotatable bonds is 6. The largest absolute Gasteiger partial charge is 0.359 e. The third-order valence-corrected chi connectivity index (χ3v) is 2.25. The van der Waals surface area contributed by atoms with Gasteiger partial charge in [0.1, 0.15) is 6.79 Å². The van der Waals surface area contributed by atoms with Crippen molar-refractivity contribution in [2.45, 2.75) is 26.0 Å². The number of aliphatic imine (C=N–C) groups is 1.